The Kier molecular flexibility index (Phi) is 4.38. The lowest BCUT2D eigenvalue weighted by Crippen LogP contribution is -2.43. The van der Waals surface area contributed by atoms with E-state index in [1.807, 2.05) is 17.5 Å². The van der Waals surface area contributed by atoms with Gasteiger partial charge in [0.25, 0.3) is 0 Å². The number of thiophene rings is 1. The van der Waals surface area contributed by atoms with E-state index in [0.29, 0.717) is 10.7 Å². The van der Waals surface area contributed by atoms with E-state index in [2.05, 4.69) is 10.6 Å². The van der Waals surface area contributed by atoms with Crippen LogP contribution in [0.25, 0.3) is 0 Å². The van der Waals surface area contributed by atoms with Crippen LogP contribution in [0.4, 0.5) is 10.5 Å². The Morgan fingerprint density at radius 2 is 2.09 bits per heavy atom. The molecular formula is C16H17ClN2O2S. The van der Waals surface area contributed by atoms with Gasteiger partial charge in [-0.1, -0.05) is 29.8 Å². The summed E-state index contributed by atoms with van der Waals surface area (Å²) >= 11 is 7.52. The Morgan fingerprint density at radius 3 is 2.73 bits per heavy atom. The molecule has 1 saturated carbocycles. The number of carbonyl (C=O) groups is 1. The van der Waals surface area contributed by atoms with Crippen molar-refractivity contribution in [1.82, 2.24) is 5.32 Å². The molecule has 1 aliphatic carbocycles. The average molecular weight is 337 g/mol. The fraction of sp³-hybridized carbons (Fsp3) is 0.312. The van der Waals surface area contributed by atoms with Gasteiger partial charge in [-0.05, 0) is 42.3 Å². The molecule has 0 bridgehead atoms. The highest BCUT2D eigenvalue weighted by Crippen LogP contribution is 2.46. The van der Waals surface area contributed by atoms with Gasteiger partial charge in [-0.25, -0.2) is 4.79 Å². The average Bonchev–Trinajstić information content (AvgIpc) is 3.22. The smallest absolute Gasteiger partial charge is 0.319 e. The maximum atomic E-state index is 12.0. The molecule has 3 rings (SSSR count). The SMILES string of the molecule is O=C(NCC(O)(c1cccs1)C1CC1)Nc1ccccc1Cl. The zero-order chi connectivity index (χ0) is 15.6. The Balaban J connectivity index is 1.63. The third kappa shape index (κ3) is 3.27. The molecule has 2 amide bonds. The predicted molar refractivity (Wildman–Crippen MR) is 89.4 cm³/mol. The summed E-state index contributed by atoms with van der Waals surface area (Å²) in [4.78, 5) is 12.9. The minimum absolute atomic E-state index is 0.189. The molecule has 0 aliphatic heterocycles. The Bertz CT molecular complexity index is 658. The van der Waals surface area contributed by atoms with Crippen LogP contribution in [-0.2, 0) is 5.60 Å². The van der Waals surface area contributed by atoms with E-state index in [9.17, 15) is 9.90 Å². The number of anilines is 1. The molecule has 22 heavy (non-hydrogen) atoms. The number of carbonyl (C=O) groups excluding carboxylic acids is 1. The molecule has 116 valence electrons. The van der Waals surface area contributed by atoms with Crippen molar-refractivity contribution in [2.75, 3.05) is 11.9 Å². The summed E-state index contributed by atoms with van der Waals surface area (Å²) in [6, 6.07) is 10.5. The van der Waals surface area contributed by atoms with Crippen LogP contribution in [0.15, 0.2) is 41.8 Å². The summed E-state index contributed by atoms with van der Waals surface area (Å²) in [5, 5.41) is 18.8. The van der Waals surface area contributed by atoms with Crippen molar-refractivity contribution in [3.05, 3.63) is 51.7 Å². The number of aliphatic hydroxyl groups is 1. The molecule has 1 aliphatic rings. The first-order valence-corrected chi connectivity index (χ1v) is 8.41. The van der Waals surface area contributed by atoms with Gasteiger partial charge in [0.1, 0.15) is 5.60 Å². The topological polar surface area (TPSA) is 61.4 Å². The third-order valence-electron chi connectivity index (χ3n) is 3.84. The van der Waals surface area contributed by atoms with Gasteiger partial charge in [-0.3, -0.25) is 0 Å². The van der Waals surface area contributed by atoms with Gasteiger partial charge in [0, 0.05) is 4.88 Å². The lowest BCUT2D eigenvalue weighted by molar-refractivity contribution is 0.0200. The summed E-state index contributed by atoms with van der Waals surface area (Å²) < 4.78 is 0. The Morgan fingerprint density at radius 1 is 1.32 bits per heavy atom. The summed E-state index contributed by atoms with van der Waals surface area (Å²) in [7, 11) is 0. The monoisotopic (exact) mass is 336 g/mol. The number of hydrogen-bond donors (Lipinski definition) is 3. The molecule has 0 saturated heterocycles. The van der Waals surface area contributed by atoms with Gasteiger partial charge >= 0.3 is 6.03 Å². The number of halogens is 1. The summed E-state index contributed by atoms with van der Waals surface area (Å²) in [5.41, 5.74) is -0.431. The normalized spacial score (nSPS) is 16.8. The number of hydrogen-bond acceptors (Lipinski definition) is 3. The van der Waals surface area contributed by atoms with Crippen molar-refractivity contribution in [1.29, 1.82) is 0 Å². The van der Waals surface area contributed by atoms with Crippen LogP contribution >= 0.6 is 22.9 Å². The van der Waals surface area contributed by atoms with Crippen molar-refractivity contribution in [3.63, 3.8) is 0 Å². The van der Waals surface area contributed by atoms with E-state index in [4.69, 9.17) is 11.6 Å². The maximum absolute atomic E-state index is 12.0. The van der Waals surface area contributed by atoms with Crippen molar-refractivity contribution in [2.24, 2.45) is 5.92 Å². The second-order valence-corrected chi connectivity index (χ2v) is 6.82. The lowest BCUT2D eigenvalue weighted by Gasteiger charge is -2.27. The molecule has 1 fully saturated rings. The van der Waals surface area contributed by atoms with Gasteiger partial charge < -0.3 is 15.7 Å². The number of rotatable bonds is 5. The summed E-state index contributed by atoms with van der Waals surface area (Å²) in [5.74, 6) is 0.215. The molecule has 1 aromatic heterocycles. The quantitative estimate of drug-likeness (QED) is 0.777. The van der Waals surface area contributed by atoms with E-state index in [0.717, 1.165) is 17.7 Å². The predicted octanol–water partition coefficient (Wildman–Crippen LogP) is 3.82. The van der Waals surface area contributed by atoms with Crippen molar-refractivity contribution in [3.8, 4) is 0 Å². The van der Waals surface area contributed by atoms with E-state index in [1.54, 1.807) is 24.3 Å². The highest BCUT2D eigenvalue weighted by atomic mass is 35.5. The van der Waals surface area contributed by atoms with Gasteiger partial charge in [-0.15, -0.1) is 11.3 Å². The summed E-state index contributed by atoms with van der Waals surface area (Å²) in [6.07, 6.45) is 1.98. The first-order valence-electron chi connectivity index (χ1n) is 7.15. The molecule has 1 atom stereocenters. The van der Waals surface area contributed by atoms with Gasteiger partial charge in [0.15, 0.2) is 0 Å². The zero-order valence-electron chi connectivity index (χ0n) is 11.9. The molecule has 2 aromatic rings. The molecule has 1 unspecified atom stereocenters. The van der Waals surface area contributed by atoms with Gasteiger partial charge in [0.2, 0.25) is 0 Å². The minimum Gasteiger partial charge on any atom is -0.382 e. The van der Waals surface area contributed by atoms with Crippen molar-refractivity contribution in [2.45, 2.75) is 18.4 Å². The molecule has 1 heterocycles. The zero-order valence-corrected chi connectivity index (χ0v) is 13.5. The van der Waals surface area contributed by atoms with E-state index >= 15 is 0 Å². The molecule has 6 heteroatoms. The Hall–Kier alpha value is -1.56. The minimum atomic E-state index is -0.980. The highest BCUT2D eigenvalue weighted by Gasteiger charge is 2.45. The van der Waals surface area contributed by atoms with Gasteiger partial charge in [0.05, 0.1) is 17.3 Å². The molecule has 0 radical (unpaired) electrons. The molecule has 4 nitrogen and oxygen atoms in total. The van der Waals surface area contributed by atoms with Crippen molar-refractivity contribution >= 4 is 34.7 Å². The van der Waals surface area contributed by atoms with E-state index < -0.39 is 5.60 Å². The highest BCUT2D eigenvalue weighted by molar-refractivity contribution is 7.10. The largest absolute Gasteiger partial charge is 0.382 e. The molecule has 1 aromatic carbocycles. The van der Waals surface area contributed by atoms with Crippen LogP contribution < -0.4 is 10.6 Å². The first-order chi connectivity index (χ1) is 10.6. The van der Waals surface area contributed by atoms with Crippen molar-refractivity contribution < 1.29 is 9.90 Å². The van der Waals surface area contributed by atoms with Crippen LogP contribution in [0.1, 0.15) is 17.7 Å². The van der Waals surface area contributed by atoms with Crippen LogP contribution in [0.3, 0.4) is 0 Å². The number of para-hydroxylation sites is 1. The maximum Gasteiger partial charge on any atom is 0.319 e. The molecular weight excluding hydrogens is 320 g/mol. The second-order valence-electron chi connectivity index (χ2n) is 5.46. The molecule has 0 spiro atoms. The number of benzene rings is 1. The van der Waals surface area contributed by atoms with Crippen LogP contribution in [-0.4, -0.2) is 17.7 Å². The van der Waals surface area contributed by atoms with E-state index in [-0.39, 0.29) is 18.5 Å². The van der Waals surface area contributed by atoms with Crippen LogP contribution in [0.2, 0.25) is 5.02 Å². The van der Waals surface area contributed by atoms with E-state index in [1.165, 1.54) is 11.3 Å². The third-order valence-corrected chi connectivity index (χ3v) is 5.21. The number of nitrogens with one attached hydrogen (secondary N) is 2. The number of amides is 2. The Labute approximate surface area is 138 Å². The van der Waals surface area contributed by atoms with Crippen LogP contribution in [0, 0.1) is 5.92 Å². The number of urea groups is 1. The first kappa shape index (κ1) is 15.3. The fourth-order valence-corrected chi connectivity index (χ4v) is 3.55. The lowest BCUT2D eigenvalue weighted by atomic mass is 9.96. The van der Waals surface area contributed by atoms with Gasteiger partial charge in [-0.2, -0.15) is 0 Å². The fourth-order valence-electron chi connectivity index (χ4n) is 2.46. The molecule has 3 N–H and O–H groups in total. The summed E-state index contributed by atoms with van der Waals surface area (Å²) in [6.45, 7) is 0.189. The second kappa shape index (κ2) is 6.28. The van der Waals surface area contributed by atoms with Crippen LogP contribution in [0.5, 0.6) is 0 Å². The standard InChI is InChI=1S/C16H17ClN2O2S/c17-12-4-1-2-5-13(12)19-15(20)18-10-16(21,11-7-8-11)14-6-3-9-22-14/h1-6,9,11,21H,7-8,10H2,(H2,18,19,20).